The van der Waals surface area contributed by atoms with Gasteiger partial charge < -0.3 is 4.90 Å². The van der Waals surface area contributed by atoms with Crippen LogP contribution in [0.25, 0.3) is 27.1 Å². The molecule has 4 aromatic rings. The number of alkyl halides is 2. The van der Waals surface area contributed by atoms with E-state index < -0.39 is 27.0 Å². The lowest BCUT2D eigenvalue weighted by Gasteiger charge is -2.40. The third kappa shape index (κ3) is 3.88. The Hall–Kier alpha value is -3.32. The van der Waals surface area contributed by atoms with Crippen molar-refractivity contribution in [2.24, 2.45) is 0 Å². The largest absolute Gasteiger partial charge is 0.353 e. The zero-order chi connectivity index (χ0) is 27.2. The Labute approximate surface area is 226 Å². The molecule has 1 saturated heterocycles. The molecule has 11 nitrogen and oxygen atoms in total. The van der Waals surface area contributed by atoms with Crippen molar-refractivity contribution >= 4 is 49.1 Å². The summed E-state index contributed by atoms with van der Waals surface area (Å²) in [5.41, 5.74) is -0.131. The second-order valence-corrected chi connectivity index (χ2v) is 13.2. The molecule has 1 spiro atoms. The summed E-state index contributed by atoms with van der Waals surface area (Å²) in [7, 11) is -1.90. The number of anilines is 1. The maximum atomic E-state index is 13.4. The number of hydrogen-bond donors (Lipinski definition) is 1. The molecule has 7 rings (SSSR count). The second-order valence-electron chi connectivity index (χ2n) is 10.5. The minimum atomic E-state index is -4.04. The van der Waals surface area contributed by atoms with E-state index in [0.717, 1.165) is 43.8 Å². The number of halogens is 2. The molecule has 15 heteroatoms. The lowest BCUT2D eigenvalue weighted by atomic mass is 10.1. The molecule has 39 heavy (non-hydrogen) atoms. The van der Waals surface area contributed by atoms with E-state index in [2.05, 4.69) is 41.7 Å². The summed E-state index contributed by atoms with van der Waals surface area (Å²) in [5, 5.41) is 18.1. The van der Waals surface area contributed by atoms with E-state index in [4.69, 9.17) is 0 Å². The number of sulfonamides is 1. The van der Waals surface area contributed by atoms with Gasteiger partial charge >= 0.3 is 0 Å². The first-order valence-electron chi connectivity index (χ1n) is 12.5. The normalized spacial score (nSPS) is 20.2. The highest BCUT2D eigenvalue weighted by Crippen LogP contribution is 2.46. The fourth-order valence-electron chi connectivity index (χ4n) is 5.41. The van der Waals surface area contributed by atoms with Crippen molar-refractivity contribution in [3.05, 3.63) is 29.5 Å². The van der Waals surface area contributed by atoms with E-state index in [1.54, 1.807) is 10.6 Å². The Morgan fingerprint density at radius 3 is 2.62 bits per heavy atom. The van der Waals surface area contributed by atoms with E-state index >= 15 is 0 Å². The zero-order valence-electron chi connectivity index (χ0n) is 20.8. The van der Waals surface area contributed by atoms with Gasteiger partial charge in [-0.3, -0.25) is 9.47 Å². The number of rotatable bonds is 6. The highest BCUT2D eigenvalue weighted by atomic mass is 32.2. The number of likely N-dealkylation sites (N-methyl/N-ethyl adjacent to an activating group) is 1. The Balaban J connectivity index is 1.43. The maximum absolute atomic E-state index is 13.4. The van der Waals surface area contributed by atoms with Gasteiger partial charge in [0.15, 0.2) is 10.7 Å². The second kappa shape index (κ2) is 8.34. The van der Waals surface area contributed by atoms with Crippen LogP contribution >= 0.6 is 11.3 Å². The van der Waals surface area contributed by atoms with Crippen LogP contribution in [-0.2, 0) is 10.0 Å². The number of nitrogens with one attached hydrogen (secondary N) is 1. The molecule has 1 aliphatic heterocycles. The Morgan fingerprint density at radius 1 is 1.15 bits per heavy atom. The van der Waals surface area contributed by atoms with Crippen molar-refractivity contribution < 1.29 is 17.2 Å². The maximum Gasteiger partial charge on any atom is 0.291 e. The van der Waals surface area contributed by atoms with Crippen molar-refractivity contribution in [1.82, 2.24) is 34.4 Å². The van der Waals surface area contributed by atoms with E-state index in [0.29, 0.717) is 40.6 Å². The third-order valence-electron chi connectivity index (χ3n) is 8.04. The smallest absolute Gasteiger partial charge is 0.291 e. The molecule has 1 N–H and O–H groups in total. The molecule has 1 aromatic carbocycles. The molecular weight excluding hydrogens is 548 g/mol. The molecule has 0 bridgehead atoms. The number of piperazine rings is 1. The molecule has 4 heterocycles. The van der Waals surface area contributed by atoms with Gasteiger partial charge in [-0.2, -0.15) is 9.98 Å². The Kier molecular flexibility index (Phi) is 5.28. The molecule has 2 aliphatic carbocycles. The van der Waals surface area contributed by atoms with Crippen molar-refractivity contribution in [2.75, 3.05) is 31.6 Å². The summed E-state index contributed by atoms with van der Waals surface area (Å²) >= 11 is 0.719. The van der Waals surface area contributed by atoms with Crippen molar-refractivity contribution in [1.29, 1.82) is 5.26 Å². The van der Waals surface area contributed by atoms with Crippen LogP contribution in [0.5, 0.6) is 0 Å². The summed E-state index contributed by atoms with van der Waals surface area (Å²) < 4.78 is 57.4. The van der Waals surface area contributed by atoms with E-state index in [9.17, 15) is 22.5 Å². The van der Waals surface area contributed by atoms with Gasteiger partial charge in [0.2, 0.25) is 15.2 Å². The van der Waals surface area contributed by atoms with Crippen LogP contribution < -0.4 is 9.62 Å². The lowest BCUT2D eigenvalue weighted by Crippen LogP contribution is -2.53. The van der Waals surface area contributed by atoms with Gasteiger partial charge in [0, 0.05) is 30.6 Å². The van der Waals surface area contributed by atoms with Crippen molar-refractivity contribution in [2.45, 2.75) is 48.1 Å². The minimum absolute atomic E-state index is 0.0507. The van der Waals surface area contributed by atoms with Crippen LogP contribution in [0.4, 0.5) is 14.6 Å². The molecule has 0 atom stereocenters. The van der Waals surface area contributed by atoms with Crippen LogP contribution in [0.15, 0.2) is 29.4 Å². The molecule has 0 radical (unpaired) electrons. The van der Waals surface area contributed by atoms with E-state index in [1.807, 2.05) is 6.07 Å². The molecular formula is C24H23F2N9O2S2. The predicted molar refractivity (Wildman–Crippen MR) is 140 cm³/mol. The van der Waals surface area contributed by atoms with Crippen LogP contribution in [0, 0.1) is 11.3 Å². The molecule has 2 saturated carbocycles. The highest BCUT2D eigenvalue weighted by Gasteiger charge is 2.50. The van der Waals surface area contributed by atoms with Gasteiger partial charge in [-0.15, -0.1) is 10.2 Å². The first-order chi connectivity index (χ1) is 18.7. The summed E-state index contributed by atoms with van der Waals surface area (Å²) in [6, 6.07) is 6.66. The number of nitrogens with zero attached hydrogens (tertiary/aromatic N) is 8. The van der Waals surface area contributed by atoms with E-state index in [1.165, 1.54) is 18.5 Å². The van der Waals surface area contributed by atoms with E-state index in [-0.39, 0.29) is 15.6 Å². The van der Waals surface area contributed by atoms with Crippen LogP contribution in [0.3, 0.4) is 0 Å². The summed E-state index contributed by atoms with van der Waals surface area (Å²) in [5.74, 6) is 0.705. The van der Waals surface area contributed by atoms with Crippen LogP contribution in [-0.4, -0.2) is 75.8 Å². The lowest BCUT2D eigenvalue weighted by molar-refractivity contribution is 0.150. The Bertz CT molecular complexity index is 1790. The van der Waals surface area contributed by atoms with Crippen LogP contribution in [0.1, 0.15) is 37.1 Å². The topological polar surface area (TPSA) is 133 Å². The van der Waals surface area contributed by atoms with Gasteiger partial charge in [-0.1, -0.05) is 17.4 Å². The quantitative estimate of drug-likeness (QED) is 0.371. The minimum Gasteiger partial charge on any atom is -0.353 e. The number of benzene rings is 1. The third-order valence-corrected chi connectivity index (χ3v) is 10.5. The number of fused-ring (bicyclic) bond motifs is 3. The number of aromatic nitrogens is 5. The van der Waals surface area contributed by atoms with Gasteiger partial charge in [0.1, 0.15) is 17.7 Å². The standard InChI is InChI=1S/C24H23F2N9O2S2/c1-33-8-9-34(12-24(33)6-7-24)19-17-15-3-2-14(39(36,37)32-23(11-27)4-5-23)10-16(15)35(20(17)29-13-28-19)22-31-30-21(38-22)18(25)26/h2-3,10,13,18,32H,4-9,12H2,1H3. The monoisotopic (exact) mass is 571 g/mol. The highest BCUT2D eigenvalue weighted by molar-refractivity contribution is 7.89. The number of hydrogen-bond acceptors (Lipinski definition) is 10. The summed E-state index contributed by atoms with van der Waals surface area (Å²) in [6.07, 6.45) is 1.74. The van der Waals surface area contributed by atoms with Crippen molar-refractivity contribution in [3.63, 3.8) is 0 Å². The van der Waals surface area contributed by atoms with Gasteiger partial charge in [0.25, 0.3) is 6.43 Å². The zero-order valence-corrected chi connectivity index (χ0v) is 22.4. The fourth-order valence-corrected chi connectivity index (χ4v) is 7.52. The number of nitriles is 1. The average molecular weight is 572 g/mol. The average Bonchev–Trinajstić information content (AvgIpc) is 3.78. The molecule has 0 amide bonds. The first-order valence-corrected chi connectivity index (χ1v) is 14.8. The molecule has 202 valence electrons. The predicted octanol–water partition coefficient (Wildman–Crippen LogP) is 2.98. The fraction of sp³-hybridized carbons (Fsp3) is 0.458. The van der Waals surface area contributed by atoms with Gasteiger partial charge in [-0.05, 0) is 44.9 Å². The van der Waals surface area contributed by atoms with Crippen molar-refractivity contribution in [3.8, 4) is 11.2 Å². The molecule has 0 unspecified atom stereocenters. The van der Waals surface area contributed by atoms with Gasteiger partial charge in [-0.25, -0.2) is 27.2 Å². The Morgan fingerprint density at radius 2 is 1.95 bits per heavy atom. The SMILES string of the molecule is CN1CCN(c2ncnc3c2c2ccc(S(=O)(=O)NC4(C#N)CC4)cc2n3-c2nnc(C(F)F)s2)CC12CC2. The molecule has 3 fully saturated rings. The molecule has 3 aromatic heterocycles. The van der Waals surface area contributed by atoms with Gasteiger partial charge in [0.05, 0.1) is 21.9 Å². The first kappa shape index (κ1) is 24.7. The molecule has 3 aliphatic rings. The summed E-state index contributed by atoms with van der Waals surface area (Å²) in [6.45, 7) is 2.41. The van der Waals surface area contributed by atoms with Crippen LogP contribution in [0.2, 0.25) is 0 Å². The summed E-state index contributed by atoms with van der Waals surface area (Å²) in [4.78, 5) is 13.7.